The SMILES string of the molecule is O=C1CCC(N2Cc3cc(N4CCCN(C(=O)O)CC4)ccc3C2=O)C(=O)N1. The Morgan fingerprint density at radius 1 is 1.11 bits per heavy atom. The number of carbonyl (C=O) groups excluding carboxylic acids is 3. The monoisotopic (exact) mass is 386 g/mol. The number of benzene rings is 1. The molecule has 1 unspecified atom stereocenters. The normalized spacial score (nSPS) is 22.8. The second kappa shape index (κ2) is 7.14. The van der Waals surface area contributed by atoms with E-state index in [1.54, 1.807) is 6.07 Å². The minimum Gasteiger partial charge on any atom is -0.465 e. The van der Waals surface area contributed by atoms with Crippen molar-refractivity contribution in [1.29, 1.82) is 0 Å². The first-order valence-corrected chi connectivity index (χ1v) is 9.44. The van der Waals surface area contributed by atoms with Crippen LogP contribution in [0.25, 0.3) is 0 Å². The maximum absolute atomic E-state index is 12.8. The number of nitrogens with zero attached hydrogens (tertiary/aromatic N) is 3. The first kappa shape index (κ1) is 18.3. The Balaban J connectivity index is 1.50. The molecule has 3 heterocycles. The molecule has 0 aliphatic carbocycles. The maximum Gasteiger partial charge on any atom is 0.407 e. The quantitative estimate of drug-likeness (QED) is 0.722. The van der Waals surface area contributed by atoms with Gasteiger partial charge >= 0.3 is 6.09 Å². The van der Waals surface area contributed by atoms with Crippen LogP contribution in [-0.2, 0) is 16.1 Å². The summed E-state index contributed by atoms with van der Waals surface area (Å²) in [5.41, 5.74) is 2.38. The standard InChI is InChI=1S/C19H22N4O5/c24-16-5-4-15(17(25)20-16)23-11-12-10-13(2-3-14(12)18(23)26)21-6-1-7-22(9-8-21)19(27)28/h2-3,10,15H,1,4-9,11H2,(H,27,28)(H,20,24,25). The Morgan fingerprint density at radius 2 is 1.93 bits per heavy atom. The molecule has 3 aliphatic rings. The van der Waals surface area contributed by atoms with Crippen LogP contribution >= 0.6 is 0 Å². The second-order valence-electron chi connectivity index (χ2n) is 7.35. The number of hydrogen-bond donors (Lipinski definition) is 2. The zero-order chi connectivity index (χ0) is 19.8. The highest BCUT2D eigenvalue weighted by Gasteiger charge is 2.39. The maximum atomic E-state index is 12.8. The Hall–Kier alpha value is -3.10. The predicted molar refractivity (Wildman–Crippen MR) is 98.9 cm³/mol. The summed E-state index contributed by atoms with van der Waals surface area (Å²) in [5.74, 6) is -0.910. The van der Waals surface area contributed by atoms with E-state index in [-0.39, 0.29) is 18.2 Å². The minimum absolute atomic E-state index is 0.191. The van der Waals surface area contributed by atoms with Gasteiger partial charge in [0.1, 0.15) is 6.04 Å². The molecule has 4 rings (SSSR count). The van der Waals surface area contributed by atoms with Crippen molar-refractivity contribution in [1.82, 2.24) is 15.1 Å². The van der Waals surface area contributed by atoms with Crippen LogP contribution in [0, 0.1) is 0 Å². The van der Waals surface area contributed by atoms with E-state index in [9.17, 15) is 24.3 Å². The van der Waals surface area contributed by atoms with E-state index in [2.05, 4.69) is 10.2 Å². The average molecular weight is 386 g/mol. The van der Waals surface area contributed by atoms with Crippen molar-refractivity contribution in [3.63, 3.8) is 0 Å². The smallest absolute Gasteiger partial charge is 0.407 e. The third-order valence-corrected chi connectivity index (χ3v) is 5.64. The van der Waals surface area contributed by atoms with Crippen molar-refractivity contribution in [2.75, 3.05) is 31.1 Å². The van der Waals surface area contributed by atoms with E-state index in [1.807, 2.05) is 12.1 Å². The number of imide groups is 1. The van der Waals surface area contributed by atoms with Crippen molar-refractivity contribution in [2.45, 2.75) is 31.8 Å². The Morgan fingerprint density at radius 3 is 2.68 bits per heavy atom. The molecule has 4 amide bonds. The summed E-state index contributed by atoms with van der Waals surface area (Å²) < 4.78 is 0. The number of fused-ring (bicyclic) bond motifs is 1. The molecule has 1 aromatic rings. The largest absolute Gasteiger partial charge is 0.465 e. The van der Waals surface area contributed by atoms with E-state index in [0.29, 0.717) is 38.2 Å². The molecule has 3 aliphatic heterocycles. The molecule has 148 valence electrons. The third-order valence-electron chi connectivity index (χ3n) is 5.64. The van der Waals surface area contributed by atoms with Crippen LogP contribution in [0.15, 0.2) is 18.2 Å². The summed E-state index contributed by atoms with van der Waals surface area (Å²) in [4.78, 5) is 52.5. The molecule has 9 heteroatoms. The van der Waals surface area contributed by atoms with E-state index in [1.165, 1.54) is 9.80 Å². The first-order valence-electron chi connectivity index (χ1n) is 9.44. The van der Waals surface area contributed by atoms with Crippen LogP contribution in [0.1, 0.15) is 35.2 Å². The highest BCUT2D eigenvalue weighted by Crippen LogP contribution is 2.30. The average Bonchev–Trinajstić information content (AvgIpc) is 2.84. The number of amides is 4. The molecule has 0 radical (unpaired) electrons. The van der Waals surface area contributed by atoms with Gasteiger partial charge in [0.05, 0.1) is 0 Å². The van der Waals surface area contributed by atoms with Crippen molar-refractivity contribution in [3.05, 3.63) is 29.3 Å². The topological polar surface area (TPSA) is 110 Å². The lowest BCUT2D eigenvalue weighted by Crippen LogP contribution is -2.52. The van der Waals surface area contributed by atoms with Crippen LogP contribution in [0.5, 0.6) is 0 Å². The summed E-state index contributed by atoms with van der Waals surface area (Å²) in [6.07, 6.45) is 0.413. The molecule has 0 saturated carbocycles. The van der Waals surface area contributed by atoms with Crippen molar-refractivity contribution < 1.29 is 24.3 Å². The molecule has 2 saturated heterocycles. The van der Waals surface area contributed by atoms with Crippen molar-refractivity contribution in [2.24, 2.45) is 0 Å². The number of anilines is 1. The molecule has 2 N–H and O–H groups in total. The highest BCUT2D eigenvalue weighted by molar-refractivity contribution is 6.05. The molecule has 1 aromatic carbocycles. The predicted octanol–water partition coefficient (Wildman–Crippen LogP) is 0.638. The first-order chi connectivity index (χ1) is 13.4. The number of hydrogen-bond acceptors (Lipinski definition) is 5. The summed E-state index contributed by atoms with van der Waals surface area (Å²) >= 11 is 0. The van der Waals surface area contributed by atoms with Crippen molar-refractivity contribution >= 4 is 29.5 Å². The molecular formula is C19H22N4O5. The third kappa shape index (κ3) is 3.28. The van der Waals surface area contributed by atoms with E-state index >= 15 is 0 Å². The fourth-order valence-corrected chi connectivity index (χ4v) is 4.12. The van der Waals surface area contributed by atoms with Gasteiger partial charge in [-0.3, -0.25) is 19.7 Å². The van der Waals surface area contributed by atoms with Gasteiger partial charge in [-0.15, -0.1) is 0 Å². The van der Waals surface area contributed by atoms with Gasteiger partial charge in [-0.1, -0.05) is 0 Å². The van der Waals surface area contributed by atoms with Crippen molar-refractivity contribution in [3.8, 4) is 0 Å². The lowest BCUT2D eigenvalue weighted by molar-refractivity contribution is -0.136. The number of carboxylic acid groups (broad SMARTS) is 1. The molecule has 1 atom stereocenters. The summed E-state index contributed by atoms with van der Waals surface area (Å²) in [6, 6.07) is 4.98. The minimum atomic E-state index is -0.902. The number of nitrogens with one attached hydrogen (secondary N) is 1. The molecule has 28 heavy (non-hydrogen) atoms. The second-order valence-corrected chi connectivity index (χ2v) is 7.35. The Kier molecular flexibility index (Phi) is 4.66. The summed E-state index contributed by atoms with van der Waals surface area (Å²) in [6.45, 7) is 2.62. The van der Waals surface area contributed by atoms with Crippen LogP contribution in [0.4, 0.5) is 10.5 Å². The van der Waals surface area contributed by atoms with Gasteiger partial charge < -0.3 is 19.8 Å². The lowest BCUT2D eigenvalue weighted by atomic mass is 10.0. The van der Waals surface area contributed by atoms with Gasteiger partial charge in [-0.25, -0.2) is 4.79 Å². The number of piperidine rings is 1. The summed E-state index contributed by atoms with van der Waals surface area (Å²) in [5, 5.41) is 11.5. The molecule has 0 bridgehead atoms. The molecule has 2 fully saturated rings. The molecule has 0 aromatic heterocycles. The molecule has 0 spiro atoms. The van der Waals surface area contributed by atoms with Crippen LogP contribution < -0.4 is 10.2 Å². The molecule has 9 nitrogen and oxygen atoms in total. The van der Waals surface area contributed by atoms with Crippen LogP contribution in [0.3, 0.4) is 0 Å². The fourth-order valence-electron chi connectivity index (χ4n) is 4.12. The Labute approximate surface area is 161 Å². The van der Waals surface area contributed by atoms with Gasteiger partial charge in [-0.05, 0) is 36.6 Å². The van der Waals surface area contributed by atoms with E-state index in [0.717, 1.165) is 24.2 Å². The van der Waals surface area contributed by atoms with E-state index in [4.69, 9.17) is 0 Å². The van der Waals surface area contributed by atoms with Gasteiger partial charge in [0.25, 0.3) is 5.91 Å². The summed E-state index contributed by atoms with van der Waals surface area (Å²) in [7, 11) is 0. The van der Waals surface area contributed by atoms with Gasteiger partial charge in [-0.2, -0.15) is 0 Å². The van der Waals surface area contributed by atoms with Gasteiger partial charge in [0.15, 0.2) is 0 Å². The molecular weight excluding hydrogens is 364 g/mol. The zero-order valence-corrected chi connectivity index (χ0v) is 15.4. The fraction of sp³-hybridized carbons (Fsp3) is 0.474. The van der Waals surface area contributed by atoms with Gasteiger partial charge in [0.2, 0.25) is 11.8 Å². The number of rotatable bonds is 2. The number of carbonyl (C=O) groups is 4. The van der Waals surface area contributed by atoms with Crippen LogP contribution in [0.2, 0.25) is 0 Å². The lowest BCUT2D eigenvalue weighted by Gasteiger charge is -2.29. The zero-order valence-electron chi connectivity index (χ0n) is 15.4. The highest BCUT2D eigenvalue weighted by atomic mass is 16.4. The van der Waals surface area contributed by atoms with Crippen LogP contribution in [-0.4, -0.2) is 70.9 Å². The van der Waals surface area contributed by atoms with E-state index < -0.39 is 18.0 Å². The Bertz CT molecular complexity index is 855. The van der Waals surface area contributed by atoms with Gasteiger partial charge in [0, 0.05) is 50.4 Å².